The number of fused-ring (bicyclic) bond motifs is 1. The zero-order chi connectivity index (χ0) is 14.3. The van der Waals surface area contributed by atoms with E-state index in [9.17, 15) is 4.39 Å². The Hall–Kier alpha value is -2.63. The van der Waals surface area contributed by atoms with Crippen molar-refractivity contribution >= 4 is 22.4 Å². The van der Waals surface area contributed by atoms with E-state index in [0.29, 0.717) is 17.0 Å². The molecule has 0 spiro atoms. The average molecular weight is 271 g/mol. The first-order chi connectivity index (χ1) is 9.54. The zero-order valence-electron chi connectivity index (χ0n) is 11.2. The van der Waals surface area contributed by atoms with Gasteiger partial charge in [0.15, 0.2) is 5.65 Å². The van der Waals surface area contributed by atoms with Crippen LogP contribution in [0.5, 0.6) is 0 Å². The summed E-state index contributed by atoms with van der Waals surface area (Å²) in [4.78, 5) is 6.22. The second kappa shape index (κ2) is 4.48. The van der Waals surface area contributed by atoms with Gasteiger partial charge in [0.05, 0.1) is 11.9 Å². The van der Waals surface area contributed by atoms with Gasteiger partial charge >= 0.3 is 0 Å². The van der Waals surface area contributed by atoms with E-state index in [1.165, 1.54) is 16.8 Å². The predicted molar refractivity (Wildman–Crippen MR) is 77.6 cm³/mol. The summed E-state index contributed by atoms with van der Waals surface area (Å²) in [5, 5.41) is 5.12. The molecule has 0 unspecified atom stereocenters. The van der Waals surface area contributed by atoms with E-state index in [4.69, 9.17) is 5.73 Å². The van der Waals surface area contributed by atoms with Gasteiger partial charge in [-0.15, -0.1) is 5.10 Å². The van der Waals surface area contributed by atoms with Gasteiger partial charge in [0, 0.05) is 31.4 Å². The molecule has 2 N–H and O–H groups in total. The molecule has 0 aliphatic carbocycles. The lowest BCUT2D eigenvalue weighted by molar-refractivity contribution is 0.612. The molecule has 0 aliphatic heterocycles. The number of pyridine rings is 1. The number of halogens is 1. The van der Waals surface area contributed by atoms with Crippen molar-refractivity contribution in [1.82, 2.24) is 14.8 Å². The van der Waals surface area contributed by atoms with E-state index in [-0.39, 0.29) is 5.82 Å². The summed E-state index contributed by atoms with van der Waals surface area (Å²) in [5.41, 5.74) is 8.03. The molecule has 0 atom stereocenters. The van der Waals surface area contributed by atoms with Crippen molar-refractivity contribution in [3.05, 3.63) is 42.5 Å². The normalized spacial score (nSPS) is 10.9. The van der Waals surface area contributed by atoms with Crippen molar-refractivity contribution in [2.75, 3.05) is 24.7 Å². The van der Waals surface area contributed by atoms with E-state index in [2.05, 4.69) is 10.1 Å². The van der Waals surface area contributed by atoms with Gasteiger partial charge in [0.1, 0.15) is 11.5 Å². The number of rotatable bonds is 2. The van der Waals surface area contributed by atoms with Crippen molar-refractivity contribution in [2.24, 2.45) is 0 Å². The topological polar surface area (TPSA) is 60.0 Å². The maximum absolute atomic E-state index is 13.8. The zero-order valence-corrected chi connectivity index (χ0v) is 11.2. The van der Waals surface area contributed by atoms with Crippen LogP contribution in [0.4, 0.5) is 15.8 Å². The van der Waals surface area contributed by atoms with Crippen LogP contribution in [0.1, 0.15) is 0 Å². The molecule has 0 fully saturated rings. The minimum absolute atomic E-state index is 0.314. The van der Waals surface area contributed by atoms with Crippen LogP contribution in [0.3, 0.4) is 0 Å². The van der Waals surface area contributed by atoms with Crippen molar-refractivity contribution in [3.63, 3.8) is 0 Å². The molecule has 0 saturated heterocycles. The second-order valence-electron chi connectivity index (χ2n) is 4.79. The third-order valence-electron chi connectivity index (χ3n) is 3.08. The highest BCUT2D eigenvalue weighted by molar-refractivity contribution is 5.78. The lowest BCUT2D eigenvalue weighted by Crippen LogP contribution is -2.08. The standard InChI is InChI=1S/C14H14FN5/c1-19(2)11-5-9-8-20(18-14(9)17-7-11)13-6-10(16)3-4-12(13)15/h3-8H,16H2,1-2H3. The Morgan fingerprint density at radius 2 is 2.05 bits per heavy atom. The fourth-order valence-corrected chi connectivity index (χ4v) is 1.98. The van der Waals surface area contributed by atoms with Crippen LogP contribution in [0, 0.1) is 5.82 Å². The molecule has 0 bridgehead atoms. The Bertz CT molecular complexity index is 778. The first kappa shape index (κ1) is 12.4. The van der Waals surface area contributed by atoms with Crippen molar-refractivity contribution in [3.8, 4) is 5.69 Å². The van der Waals surface area contributed by atoms with Gasteiger partial charge < -0.3 is 10.6 Å². The van der Waals surface area contributed by atoms with Gasteiger partial charge in [0.25, 0.3) is 0 Å². The molecule has 3 rings (SSSR count). The molecule has 2 heterocycles. The summed E-state index contributed by atoms with van der Waals surface area (Å²) in [6.45, 7) is 0. The number of hydrogen-bond acceptors (Lipinski definition) is 4. The highest BCUT2D eigenvalue weighted by atomic mass is 19.1. The Morgan fingerprint density at radius 3 is 2.80 bits per heavy atom. The van der Waals surface area contributed by atoms with Crippen LogP contribution in [-0.4, -0.2) is 28.9 Å². The van der Waals surface area contributed by atoms with Crippen molar-refractivity contribution in [1.29, 1.82) is 0 Å². The summed E-state index contributed by atoms with van der Waals surface area (Å²) in [6, 6.07) is 6.35. The molecule has 2 aromatic heterocycles. The number of nitrogen functional groups attached to an aromatic ring is 1. The second-order valence-corrected chi connectivity index (χ2v) is 4.79. The molecule has 0 saturated carbocycles. The van der Waals surface area contributed by atoms with Crippen molar-refractivity contribution in [2.45, 2.75) is 0 Å². The van der Waals surface area contributed by atoms with Crippen LogP contribution in [0.2, 0.25) is 0 Å². The first-order valence-electron chi connectivity index (χ1n) is 6.13. The van der Waals surface area contributed by atoms with Gasteiger partial charge in [-0.1, -0.05) is 0 Å². The van der Waals surface area contributed by atoms with E-state index in [1.54, 1.807) is 18.5 Å². The van der Waals surface area contributed by atoms with Crippen LogP contribution in [0.15, 0.2) is 36.7 Å². The number of benzene rings is 1. The molecular weight excluding hydrogens is 257 g/mol. The summed E-state index contributed by atoms with van der Waals surface area (Å²) in [7, 11) is 3.87. The lowest BCUT2D eigenvalue weighted by Gasteiger charge is -2.10. The summed E-state index contributed by atoms with van der Waals surface area (Å²) < 4.78 is 15.3. The van der Waals surface area contributed by atoms with Gasteiger partial charge in [-0.3, -0.25) is 0 Å². The van der Waals surface area contributed by atoms with Gasteiger partial charge in [0.2, 0.25) is 0 Å². The quantitative estimate of drug-likeness (QED) is 0.726. The molecule has 0 aliphatic rings. The fraction of sp³-hybridized carbons (Fsp3) is 0.143. The van der Waals surface area contributed by atoms with Gasteiger partial charge in [-0.2, -0.15) is 0 Å². The SMILES string of the molecule is CN(C)c1cnc2nn(-c3cc(N)ccc3F)cc2c1. The Morgan fingerprint density at radius 1 is 1.25 bits per heavy atom. The Labute approximate surface area is 115 Å². The fourth-order valence-electron chi connectivity index (χ4n) is 1.98. The molecule has 3 aromatic rings. The van der Waals surface area contributed by atoms with Crippen LogP contribution in [-0.2, 0) is 0 Å². The highest BCUT2D eigenvalue weighted by Gasteiger charge is 2.09. The van der Waals surface area contributed by atoms with Gasteiger partial charge in [-0.25, -0.2) is 14.1 Å². The minimum Gasteiger partial charge on any atom is -0.399 e. The van der Waals surface area contributed by atoms with E-state index in [1.807, 2.05) is 25.1 Å². The number of nitrogens with zero attached hydrogens (tertiary/aromatic N) is 4. The third-order valence-corrected chi connectivity index (χ3v) is 3.08. The van der Waals surface area contributed by atoms with E-state index >= 15 is 0 Å². The lowest BCUT2D eigenvalue weighted by atomic mass is 10.2. The molecule has 1 aromatic carbocycles. The summed E-state index contributed by atoms with van der Waals surface area (Å²) in [6.07, 6.45) is 3.47. The molecule has 5 nitrogen and oxygen atoms in total. The molecule has 20 heavy (non-hydrogen) atoms. The summed E-state index contributed by atoms with van der Waals surface area (Å²) >= 11 is 0. The maximum atomic E-state index is 13.8. The van der Waals surface area contributed by atoms with E-state index < -0.39 is 0 Å². The number of hydrogen-bond donors (Lipinski definition) is 1. The average Bonchev–Trinajstić information content (AvgIpc) is 2.83. The molecule has 0 amide bonds. The smallest absolute Gasteiger partial charge is 0.181 e. The molecular formula is C14H14FN5. The number of aromatic nitrogens is 3. The summed E-state index contributed by atoms with van der Waals surface area (Å²) in [5.74, 6) is -0.375. The molecule has 0 radical (unpaired) electrons. The third kappa shape index (κ3) is 2.05. The molecule has 6 heteroatoms. The van der Waals surface area contributed by atoms with E-state index in [0.717, 1.165) is 11.1 Å². The number of nitrogens with two attached hydrogens (primary N) is 1. The number of anilines is 2. The Balaban J connectivity index is 2.15. The predicted octanol–water partition coefficient (Wildman–Crippen LogP) is 2.21. The maximum Gasteiger partial charge on any atom is 0.181 e. The largest absolute Gasteiger partial charge is 0.399 e. The van der Waals surface area contributed by atoms with Crippen LogP contribution >= 0.6 is 0 Å². The molecule has 102 valence electrons. The highest BCUT2D eigenvalue weighted by Crippen LogP contribution is 2.21. The minimum atomic E-state index is -0.375. The first-order valence-corrected chi connectivity index (χ1v) is 6.13. The van der Waals surface area contributed by atoms with Crippen molar-refractivity contribution < 1.29 is 4.39 Å². The Kier molecular flexibility index (Phi) is 2.78. The van der Waals surface area contributed by atoms with Crippen LogP contribution < -0.4 is 10.6 Å². The van der Waals surface area contributed by atoms with Crippen LogP contribution in [0.25, 0.3) is 16.7 Å². The monoisotopic (exact) mass is 271 g/mol. The van der Waals surface area contributed by atoms with Gasteiger partial charge in [-0.05, 0) is 24.3 Å².